The lowest BCUT2D eigenvalue weighted by molar-refractivity contribution is 0.555. The third-order valence-electron chi connectivity index (χ3n) is 3.09. The van der Waals surface area contributed by atoms with E-state index in [9.17, 15) is 8.42 Å². The molecule has 1 aromatic rings. The van der Waals surface area contributed by atoms with Crippen molar-refractivity contribution in [1.29, 1.82) is 0 Å². The van der Waals surface area contributed by atoms with Crippen LogP contribution in [0.1, 0.15) is 19.3 Å². The Bertz CT molecular complexity index is 522. The van der Waals surface area contributed by atoms with E-state index in [1.165, 1.54) is 18.5 Å². The summed E-state index contributed by atoms with van der Waals surface area (Å²) in [6.07, 6.45) is 7.75. The number of hydrogen-bond acceptors (Lipinski definition) is 4. The number of nitrogens with zero attached hydrogens (tertiary/aromatic N) is 1. The summed E-state index contributed by atoms with van der Waals surface area (Å²) in [6, 6.07) is 1.47. The number of pyridine rings is 1. The van der Waals surface area contributed by atoms with Gasteiger partial charge < -0.3 is 0 Å². The van der Waals surface area contributed by atoms with Gasteiger partial charge in [-0.1, -0.05) is 18.0 Å². The Morgan fingerprint density at radius 2 is 2.28 bits per heavy atom. The maximum Gasteiger partial charge on any atom is 0.243 e. The number of rotatable bonds is 4. The first-order valence-corrected chi connectivity index (χ1v) is 8.84. The molecule has 2 atom stereocenters. The number of nitrogens with one attached hydrogen (secondary N) is 1. The van der Waals surface area contributed by atoms with Gasteiger partial charge >= 0.3 is 0 Å². The van der Waals surface area contributed by atoms with Crippen LogP contribution in [0.4, 0.5) is 0 Å². The van der Waals surface area contributed by atoms with Crippen LogP contribution >= 0.6 is 23.4 Å². The number of aromatic nitrogens is 1. The van der Waals surface area contributed by atoms with Crippen LogP contribution in [0.3, 0.4) is 0 Å². The number of sulfonamides is 1. The minimum Gasteiger partial charge on any atom is -0.263 e. The summed E-state index contributed by atoms with van der Waals surface area (Å²) in [5, 5.41) is 0.548. The zero-order valence-corrected chi connectivity index (χ0v) is 12.4. The van der Waals surface area contributed by atoms with Crippen molar-refractivity contribution in [2.45, 2.75) is 35.4 Å². The predicted molar refractivity (Wildman–Crippen MR) is 74.5 cm³/mol. The standard InChI is InChI=1S/C11H15ClN2O2S2/c1-17-10-4-2-3-9(10)14-18(15,16)11-7-13-6-5-8(11)12/h5-7,9-10,14H,2-4H2,1H3. The highest BCUT2D eigenvalue weighted by Gasteiger charge is 2.31. The predicted octanol–water partition coefficient (Wildman–Crippen LogP) is 2.30. The van der Waals surface area contributed by atoms with E-state index in [0.29, 0.717) is 5.25 Å². The van der Waals surface area contributed by atoms with E-state index in [-0.39, 0.29) is 16.0 Å². The van der Waals surface area contributed by atoms with Crippen molar-refractivity contribution in [2.24, 2.45) is 0 Å². The van der Waals surface area contributed by atoms with Gasteiger partial charge in [0.25, 0.3) is 0 Å². The Hall–Kier alpha value is -0.300. The Labute approximate surface area is 117 Å². The summed E-state index contributed by atoms with van der Waals surface area (Å²) < 4.78 is 27.2. The Morgan fingerprint density at radius 3 is 2.94 bits per heavy atom. The normalized spacial score (nSPS) is 24.3. The zero-order valence-electron chi connectivity index (χ0n) is 9.97. The molecule has 0 radical (unpaired) electrons. The van der Waals surface area contributed by atoms with Gasteiger partial charge in [0, 0.05) is 23.7 Å². The highest BCUT2D eigenvalue weighted by Crippen LogP contribution is 2.30. The van der Waals surface area contributed by atoms with Crippen molar-refractivity contribution in [3.05, 3.63) is 23.5 Å². The van der Waals surface area contributed by atoms with Gasteiger partial charge in [-0.05, 0) is 25.2 Å². The fraction of sp³-hybridized carbons (Fsp3) is 0.545. The molecule has 1 aliphatic rings. The van der Waals surface area contributed by atoms with E-state index >= 15 is 0 Å². The van der Waals surface area contributed by atoms with Crippen molar-refractivity contribution in [1.82, 2.24) is 9.71 Å². The second-order valence-corrected chi connectivity index (χ2v) is 7.41. The van der Waals surface area contributed by atoms with Gasteiger partial charge in [0.2, 0.25) is 10.0 Å². The lowest BCUT2D eigenvalue weighted by Gasteiger charge is -2.19. The fourth-order valence-corrected chi connectivity index (χ4v) is 4.93. The molecule has 18 heavy (non-hydrogen) atoms. The van der Waals surface area contributed by atoms with Gasteiger partial charge in [-0.2, -0.15) is 11.8 Å². The number of thioether (sulfide) groups is 1. The molecule has 0 bridgehead atoms. The molecular weight excluding hydrogens is 292 g/mol. The minimum absolute atomic E-state index is 0.0127. The molecule has 2 unspecified atom stereocenters. The molecule has 0 aromatic carbocycles. The van der Waals surface area contributed by atoms with E-state index in [4.69, 9.17) is 11.6 Å². The molecule has 1 saturated carbocycles. The largest absolute Gasteiger partial charge is 0.263 e. The monoisotopic (exact) mass is 306 g/mol. The Morgan fingerprint density at radius 1 is 1.50 bits per heavy atom. The van der Waals surface area contributed by atoms with E-state index in [0.717, 1.165) is 19.3 Å². The first-order chi connectivity index (χ1) is 8.54. The average molecular weight is 307 g/mol. The Kier molecular flexibility index (Phi) is 4.53. The molecule has 1 aliphatic carbocycles. The van der Waals surface area contributed by atoms with Gasteiger partial charge in [-0.15, -0.1) is 0 Å². The second kappa shape index (κ2) is 5.77. The van der Waals surface area contributed by atoms with Gasteiger partial charge in [0.15, 0.2) is 0 Å². The smallest absolute Gasteiger partial charge is 0.243 e. The fourth-order valence-electron chi connectivity index (χ4n) is 2.17. The van der Waals surface area contributed by atoms with Crippen LogP contribution in [0.2, 0.25) is 5.02 Å². The van der Waals surface area contributed by atoms with E-state index in [1.54, 1.807) is 11.8 Å². The van der Waals surface area contributed by atoms with Crippen molar-refractivity contribution >= 4 is 33.4 Å². The third kappa shape index (κ3) is 2.99. The van der Waals surface area contributed by atoms with Gasteiger partial charge in [0.1, 0.15) is 4.90 Å². The first kappa shape index (κ1) is 14.1. The van der Waals surface area contributed by atoms with Gasteiger partial charge in [0.05, 0.1) is 5.02 Å². The highest BCUT2D eigenvalue weighted by atomic mass is 35.5. The minimum atomic E-state index is -3.58. The van der Waals surface area contributed by atoms with Crippen LogP contribution in [-0.2, 0) is 10.0 Å². The molecular formula is C11H15ClN2O2S2. The topological polar surface area (TPSA) is 59.1 Å². The molecule has 0 saturated heterocycles. The summed E-state index contributed by atoms with van der Waals surface area (Å²) >= 11 is 7.61. The van der Waals surface area contributed by atoms with Crippen molar-refractivity contribution in [2.75, 3.05) is 6.26 Å². The van der Waals surface area contributed by atoms with Gasteiger partial charge in [-0.25, -0.2) is 13.1 Å². The number of halogens is 1. The molecule has 1 aromatic heterocycles. The summed E-state index contributed by atoms with van der Waals surface area (Å²) in [5.74, 6) is 0. The molecule has 4 nitrogen and oxygen atoms in total. The molecule has 0 aliphatic heterocycles. The summed E-state index contributed by atoms with van der Waals surface area (Å²) in [6.45, 7) is 0. The summed E-state index contributed by atoms with van der Waals surface area (Å²) in [7, 11) is -3.58. The second-order valence-electron chi connectivity index (χ2n) is 4.24. The molecule has 100 valence electrons. The van der Waals surface area contributed by atoms with Crippen LogP contribution < -0.4 is 4.72 Å². The SMILES string of the molecule is CSC1CCCC1NS(=O)(=O)c1cnccc1Cl. The summed E-state index contributed by atoms with van der Waals surface area (Å²) in [5.41, 5.74) is 0. The third-order valence-corrected chi connectivity index (χ3v) is 6.21. The van der Waals surface area contributed by atoms with Crippen LogP contribution in [0.5, 0.6) is 0 Å². The summed E-state index contributed by atoms with van der Waals surface area (Å²) in [4.78, 5) is 3.87. The van der Waals surface area contributed by atoms with E-state index in [1.807, 2.05) is 6.26 Å². The molecule has 0 amide bonds. The average Bonchev–Trinajstić information content (AvgIpc) is 2.76. The van der Waals surface area contributed by atoms with Crippen LogP contribution in [0, 0.1) is 0 Å². The van der Waals surface area contributed by atoms with E-state index < -0.39 is 10.0 Å². The molecule has 2 rings (SSSR count). The van der Waals surface area contributed by atoms with Crippen molar-refractivity contribution < 1.29 is 8.42 Å². The lowest BCUT2D eigenvalue weighted by atomic mass is 10.3. The number of hydrogen-bond donors (Lipinski definition) is 1. The Balaban J connectivity index is 2.20. The molecule has 1 N–H and O–H groups in total. The van der Waals surface area contributed by atoms with Crippen LogP contribution in [0.15, 0.2) is 23.4 Å². The quantitative estimate of drug-likeness (QED) is 0.927. The van der Waals surface area contributed by atoms with Crippen molar-refractivity contribution in [3.8, 4) is 0 Å². The lowest BCUT2D eigenvalue weighted by Crippen LogP contribution is -2.38. The maximum atomic E-state index is 12.2. The zero-order chi connectivity index (χ0) is 13.2. The molecule has 0 spiro atoms. The molecule has 1 fully saturated rings. The molecule has 1 heterocycles. The van der Waals surface area contributed by atoms with Crippen molar-refractivity contribution in [3.63, 3.8) is 0 Å². The highest BCUT2D eigenvalue weighted by molar-refractivity contribution is 7.99. The maximum absolute atomic E-state index is 12.2. The van der Waals surface area contributed by atoms with Crippen LogP contribution in [0.25, 0.3) is 0 Å². The van der Waals surface area contributed by atoms with Gasteiger partial charge in [-0.3, -0.25) is 4.98 Å². The molecule has 7 heteroatoms. The van der Waals surface area contributed by atoms with Crippen LogP contribution in [-0.4, -0.2) is 30.9 Å². The first-order valence-electron chi connectivity index (χ1n) is 5.69. The van der Waals surface area contributed by atoms with E-state index in [2.05, 4.69) is 9.71 Å².